The number of alkyl halides is 3. The first-order valence-corrected chi connectivity index (χ1v) is 9.57. The summed E-state index contributed by atoms with van der Waals surface area (Å²) in [5.74, 6) is -2.77. The van der Waals surface area contributed by atoms with Crippen molar-refractivity contribution < 1.29 is 32.7 Å². The van der Waals surface area contributed by atoms with Crippen molar-refractivity contribution >= 4 is 17.8 Å². The normalized spacial score (nSPS) is 13.6. The molecule has 0 bridgehead atoms. The zero-order valence-electron chi connectivity index (χ0n) is 17.3. The number of amides is 2. The van der Waals surface area contributed by atoms with Gasteiger partial charge in [0.05, 0.1) is 11.6 Å². The molecule has 1 fully saturated rings. The van der Waals surface area contributed by atoms with Crippen LogP contribution in [0.2, 0.25) is 0 Å². The second-order valence-corrected chi connectivity index (χ2v) is 6.97. The van der Waals surface area contributed by atoms with Crippen LogP contribution >= 0.6 is 0 Å². The van der Waals surface area contributed by atoms with Crippen LogP contribution < -0.4 is 5.32 Å². The highest BCUT2D eigenvalue weighted by Crippen LogP contribution is 2.13. The van der Waals surface area contributed by atoms with Crippen LogP contribution in [0.4, 0.5) is 13.2 Å². The van der Waals surface area contributed by atoms with Crippen LogP contribution in [0.15, 0.2) is 24.3 Å². The zero-order chi connectivity index (χ0) is 23.6. The number of carboxylic acid groups (broad SMARTS) is 1. The molecule has 0 radical (unpaired) electrons. The molecule has 1 aliphatic rings. The topological polar surface area (TPSA) is 114 Å². The molecule has 1 aromatic rings. The molecule has 0 unspecified atom stereocenters. The maximum Gasteiger partial charge on any atom is 0.490 e. The molecule has 1 aliphatic heterocycles. The molecule has 2 amide bonds. The Morgan fingerprint density at radius 1 is 1.19 bits per heavy atom. The standard InChI is InChI=1S/C18H24N4O2.C2HF3O2/c1-14(2)22(10-7-17(23)21-11-8-20-9-12-21)18(24)16-5-3-15(13-19)4-6-16;3-2(4,5)1(6)7/h3-6,14,20H,7-12H2,1-2H3;(H,6,7). The summed E-state index contributed by atoms with van der Waals surface area (Å²) in [7, 11) is 0. The Kier molecular flexibility index (Phi) is 9.95. The van der Waals surface area contributed by atoms with E-state index in [1.807, 2.05) is 24.8 Å². The number of hydrogen-bond acceptors (Lipinski definition) is 5. The van der Waals surface area contributed by atoms with Crippen molar-refractivity contribution in [2.45, 2.75) is 32.5 Å². The Labute approximate surface area is 178 Å². The molecule has 2 N–H and O–H groups in total. The molecular weight excluding hydrogens is 417 g/mol. The molecule has 1 heterocycles. The van der Waals surface area contributed by atoms with Gasteiger partial charge in [0.15, 0.2) is 0 Å². The third-order valence-corrected chi connectivity index (χ3v) is 4.42. The van der Waals surface area contributed by atoms with Crippen LogP contribution in [-0.2, 0) is 9.59 Å². The van der Waals surface area contributed by atoms with E-state index < -0.39 is 12.1 Å². The van der Waals surface area contributed by atoms with Gasteiger partial charge in [0, 0.05) is 50.7 Å². The fourth-order valence-electron chi connectivity index (χ4n) is 2.74. The number of carboxylic acids is 1. The fourth-order valence-corrected chi connectivity index (χ4v) is 2.74. The van der Waals surface area contributed by atoms with Gasteiger partial charge in [-0.3, -0.25) is 9.59 Å². The van der Waals surface area contributed by atoms with E-state index in [0.29, 0.717) is 24.1 Å². The molecule has 170 valence electrons. The highest BCUT2D eigenvalue weighted by Gasteiger charge is 2.38. The average molecular weight is 442 g/mol. The minimum absolute atomic E-state index is 0.00367. The monoisotopic (exact) mass is 442 g/mol. The number of nitrogens with zero attached hydrogens (tertiary/aromatic N) is 3. The van der Waals surface area contributed by atoms with Gasteiger partial charge in [-0.25, -0.2) is 4.79 Å². The molecule has 2 rings (SSSR count). The van der Waals surface area contributed by atoms with Crippen LogP contribution in [0.1, 0.15) is 36.2 Å². The number of rotatable bonds is 5. The lowest BCUT2D eigenvalue weighted by Gasteiger charge is -2.30. The van der Waals surface area contributed by atoms with Gasteiger partial charge in [-0.2, -0.15) is 18.4 Å². The summed E-state index contributed by atoms with van der Waals surface area (Å²) in [6, 6.07) is 8.64. The Morgan fingerprint density at radius 2 is 1.71 bits per heavy atom. The molecule has 0 saturated carbocycles. The molecule has 0 atom stereocenters. The summed E-state index contributed by atoms with van der Waals surface area (Å²) in [6.07, 6.45) is -4.75. The van der Waals surface area contributed by atoms with Crippen molar-refractivity contribution in [1.29, 1.82) is 5.26 Å². The number of piperazine rings is 1. The van der Waals surface area contributed by atoms with Crippen molar-refractivity contribution in [3.05, 3.63) is 35.4 Å². The first kappa shape index (κ1) is 25.9. The summed E-state index contributed by atoms with van der Waals surface area (Å²) in [4.78, 5) is 37.4. The molecule has 11 heteroatoms. The van der Waals surface area contributed by atoms with E-state index >= 15 is 0 Å². The van der Waals surface area contributed by atoms with E-state index in [9.17, 15) is 22.8 Å². The quantitative estimate of drug-likeness (QED) is 0.720. The minimum Gasteiger partial charge on any atom is -0.475 e. The van der Waals surface area contributed by atoms with E-state index in [4.69, 9.17) is 15.2 Å². The largest absolute Gasteiger partial charge is 0.490 e. The fraction of sp³-hybridized carbons (Fsp3) is 0.500. The average Bonchev–Trinajstić information content (AvgIpc) is 2.73. The second kappa shape index (κ2) is 11.9. The Hall–Kier alpha value is -3.13. The maximum atomic E-state index is 12.7. The zero-order valence-corrected chi connectivity index (χ0v) is 17.3. The van der Waals surface area contributed by atoms with E-state index in [0.717, 1.165) is 26.2 Å². The SMILES string of the molecule is CC(C)N(CCC(=O)N1CCNCC1)C(=O)c1ccc(C#N)cc1.O=C(O)C(F)(F)F. The molecule has 0 aliphatic carbocycles. The first-order chi connectivity index (χ1) is 14.5. The van der Waals surface area contributed by atoms with Crippen LogP contribution in [0, 0.1) is 11.3 Å². The highest BCUT2D eigenvalue weighted by atomic mass is 19.4. The van der Waals surface area contributed by atoms with Gasteiger partial charge >= 0.3 is 12.1 Å². The molecule has 0 spiro atoms. The lowest BCUT2D eigenvalue weighted by atomic mass is 10.1. The Bertz CT molecular complexity index is 798. The third-order valence-electron chi connectivity index (χ3n) is 4.42. The Balaban J connectivity index is 0.000000592. The van der Waals surface area contributed by atoms with Crippen LogP contribution in [0.25, 0.3) is 0 Å². The maximum absolute atomic E-state index is 12.7. The van der Waals surface area contributed by atoms with Crippen molar-refractivity contribution in [1.82, 2.24) is 15.1 Å². The molecule has 1 saturated heterocycles. The van der Waals surface area contributed by atoms with E-state index in [1.54, 1.807) is 29.2 Å². The van der Waals surface area contributed by atoms with Gasteiger partial charge in [-0.15, -0.1) is 0 Å². The van der Waals surface area contributed by atoms with Gasteiger partial charge in [0.25, 0.3) is 5.91 Å². The summed E-state index contributed by atoms with van der Waals surface area (Å²) >= 11 is 0. The van der Waals surface area contributed by atoms with Gasteiger partial charge < -0.3 is 20.2 Å². The van der Waals surface area contributed by atoms with Gasteiger partial charge in [-0.1, -0.05) is 0 Å². The molecule has 1 aromatic carbocycles. The van der Waals surface area contributed by atoms with Crippen LogP contribution in [0.3, 0.4) is 0 Å². The van der Waals surface area contributed by atoms with Gasteiger partial charge in [0.1, 0.15) is 0 Å². The minimum atomic E-state index is -5.08. The predicted molar refractivity (Wildman–Crippen MR) is 105 cm³/mol. The third kappa shape index (κ3) is 8.64. The summed E-state index contributed by atoms with van der Waals surface area (Å²) in [6.45, 7) is 7.38. The van der Waals surface area contributed by atoms with E-state index in [-0.39, 0.29) is 17.9 Å². The predicted octanol–water partition coefficient (Wildman–Crippen LogP) is 1.86. The van der Waals surface area contributed by atoms with E-state index in [1.165, 1.54) is 0 Å². The Morgan fingerprint density at radius 3 is 2.13 bits per heavy atom. The number of nitrogens with one attached hydrogen (secondary N) is 1. The summed E-state index contributed by atoms with van der Waals surface area (Å²) < 4.78 is 31.7. The number of carbonyl (C=O) groups is 3. The lowest BCUT2D eigenvalue weighted by Crippen LogP contribution is -2.47. The molecule has 31 heavy (non-hydrogen) atoms. The smallest absolute Gasteiger partial charge is 0.475 e. The number of hydrogen-bond donors (Lipinski definition) is 2. The van der Waals surface area contributed by atoms with Crippen molar-refractivity contribution in [3.63, 3.8) is 0 Å². The van der Waals surface area contributed by atoms with Gasteiger partial charge in [0.2, 0.25) is 5.91 Å². The highest BCUT2D eigenvalue weighted by molar-refractivity contribution is 5.94. The number of carbonyl (C=O) groups excluding carboxylic acids is 2. The summed E-state index contributed by atoms with van der Waals surface area (Å²) in [5.41, 5.74) is 1.06. The lowest BCUT2D eigenvalue weighted by molar-refractivity contribution is -0.192. The first-order valence-electron chi connectivity index (χ1n) is 9.57. The number of halogens is 3. The molecular formula is C20H25F3N4O4. The number of nitriles is 1. The number of benzene rings is 1. The van der Waals surface area contributed by atoms with E-state index in [2.05, 4.69) is 5.32 Å². The number of aliphatic carboxylic acids is 1. The molecule has 8 nitrogen and oxygen atoms in total. The van der Waals surface area contributed by atoms with Crippen molar-refractivity contribution in [2.75, 3.05) is 32.7 Å². The molecule has 0 aromatic heterocycles. The summed E-state index contributed by atoms with van der Waals surface area (Å²) in [5, 5.41) is 19.2. The van der Waals surface area contributed by atoms with Gasteiger partial charge in [-0.05, 0) is 38.1 Å². The second-order valence-electron chi connectivity index (χ2n) is 6.97. The van der Waals surface area contributed by atoms with Crippen LogP contribution in [0.5, 0.6) is 0 Å². The van der Waals surface area contributed by atoms with Crippen molar-refractivity contribution in [3.8, 4) is 6.07 Å². The van der Waals surface area contributed by atoms with Crippen molar-refractivity contribution in [2.24, 2.45) is 0 Å². The van der Waals surface area contributed by atoms with Crippen LogP contribution in [-0.4, -0.2) is 77.6 Å².